The van der Waals surface area contributed by atoms with E-state index >= 15 is 0 Å². The number of nitrogens with zero attached hydrogens (tertiary/aromatic N) is 2. The third kappa shape index (κ3) is 4.16. The van der Waals surface area contributed by atoms with E-state index < -0.39 is 0 Å². The highest BCUT2D eigenvalue weighted by molar-refractivity contribution is 5.22. The molecule has 0 aliphatic carbocycles. The van der Waals surface area contributed by atoms with E-state index in [2.05, 4.69) is 29.4 Å². The van der Waals surface area contributed by atoms with Crippen molar-refractivity contribution >= 4 is 12.0 Å². The summed E-state index contributed by atoms with van der Waals surface area (Å²) in [6.45, 7) is 5.75. The number of ether oxygens (including phenoxy) is 1. The zero-order valence-corrected chi connectivity index (χ0v) is 9.41. The molecule has 0 aromatic carbocycles. The van der Waals surface area contributed by atoms with E-state index in [0.29, 0.717) is 6.01 Å². The summed E-state index contributed by atoms with van der Waals surface area (Å²) in [6.07, 6.45) is 0.958. The van der Waals surface area contributed by atoms with Gasteiger partial charge >= 0.3 is 12.0 Å². The number of anilines is 2. The summed E-state index contributed by atoms with van der Waals surface area (Å²) in [7, 11) is 1.70. The summed E-state index contributed by atoms with van der Waals surface area (Å²) in [5.41, 5.74) is 5.41. The Balaban J connectivity index is 2.35. The first kappa shape index (κ1) is 11.8. The molecule has 0 bridgehead atoms. The maximum atomic E-state index is 5.30. The fourth-order valence-electron chi connectivity index (χ4n) is 1.09. The number of methoxy groups -OCH3 is 1. The van der Waals surface area contributed by atoms with Crippen LogP contribution in [0.3, 0.4) is 0 Å². The molecule has 6 nitrogen and oxygen atoms in total. The molecule has 0 spiro atoms. The monoisotopic (exact) mass is 214 g/mol. The minimum Gasteiger partial charge on any atom is -0.390 e. The molecule has 86 valence electrons. The molecule has 0 atom stereocenters. The smallest absolute Gasteiger partial charge is 0.316 e. The van der Waals surface area contributed by atoms with Crippen LogP contribution in [0.15, 0.2) is 4.42 Å². The van der Waals surface area contributed by atoms with Crippen LogP contribution in [0.5, 0.6) is 0 Å². The Kier molecular flexibility index (Phi) is 3.90. The van der Waals surface area contributed by atoms with Crippen molar-refractivity contribution in [1.29, 1.82) is 0 Å². The highest BCUT2D eigenvalue weighted by Gasteiger charge is 2.18. The Labute approximate surface area is 89.2 Å². The van der Waals surface area contributed by atoms with E-state index in [1.807, 2.05) is 0 Å². The fourth-order valence-corrected chi connectivity index (χ4v) is 1.09. The van der Waals surface area contributed by atoms with Crippen LogP contribution in [0.1, 0.15) is 20.3 Å². The highest BCUT2D eigenvalue weighted by Crippen LogP contribution is 2.20. The van der Waals surface area contributed by atoms with E-state index in [9.17, 15) is 0 Å². The summed E-state index contributed by atoms with van der Waals surface area (Å²) in [5, 5.41) is 10.3. The maximum absolute atomic E-state index is 5.30. The maximum Gasteiger partial charge on any atom is 0.316 e. The molecule has 0 saturated carbocycles. The Morgan fingerprint density at radius 3 is 2.73 bits per heavy atom. The van der Waals surface area contributed by atoms with Crippen LogP contribution >= 0.6 is 0 Å². The lowest BCUT2D eigenvalue weighted by Gasteiger charge is -2.23. The Morgan fingerprint density at radius 2 is 2.20 bits per heavy atom. The van der Waals surface area contributed by atoms with Gasteiger partial charge in [0.25, 0.3) is 0 Å². The van der Waals surface area contributed by atoms with Gasteiger partial charge < -0.3 is 20.2 Å². The molecule has 15 heavy (non-hydrogen) atoms. The van der Waals surface area contributed by atoms with Crippen LogP contribution in [-0.4, -0.2) is 30.5 Å². The molecule has 1 aromatic rings. The van der Waals surface area contributed by atoms with Crippen LogP contribution in [0.4, 0.5) is 12.0 Å². The molecule has 0 aliphatic heterocycles. The van der Waals surface area contributed by atoms with E-state index in [-0.39, 0.29) is 11.4 Å². The van der Waals surface area contributed by atoms with Gasteiger partial charge in [-0.3, -0.25) is 0 Å². The van der Waals surface area contributed by atoms with Gasteiger partial charge in [0.05, 0.1) is 0 Å². The average molecular weight is 214 g/mol. The third-order valence-corrected chi connectivity index (χ3v) is 2.14. The molecule has 0 fully saturated rings. The van der Waals surface area contributed by atoms with Crippen LogP contribution in [0, 0.1) is 5.41 Å². The molecule has 1 heterocycles. The molecule has 0 radical (unpaired) electrons. The zero-order chi connectivity index (χ0) is 11.3. The normalized spacial score (nSPS) is 11.7. The average Bonchev–Trinajstić information content (AvgIpc) is 2.59. The van der Waals surface area contributed by atoms with Crippen molar-refractivity contribution < 1.29 is 9.15 Å². The molecule has 0 saturated heterocycles. The van der Waals surface area contributed by atoms with Crippen molar-refractivity contribution in [2.75, 3.05) is 31.3 Å². The number of rotatable bonds is 6. The number of nitrogen functional groups attached to an aromatic ring is 1. The molecule has 1 rings (SSSR count). The topological polar surface area (TPSA) is 86.2 Å². The van der Waals surface area contributed by atoms with Crippen LogP contribution in [0.25, 0.3) is 0 Å². The van der Waals surface area contributed by atoms with Crippen molar-refractivity contribution in [2.45, 2.75) is 20.3 Å². The number of nitrogens with one attached hydrogen (secondary N) is 1. The van der Waals surface area contributed by atoms with E-state index in [0.717, 1.165) is 19.6 Å². The van der Waals surface area contributed by atoms with Gasteiger partial charge in [-0.15, -0.1) is 0 Å². The molecular formula is C9H18N4O2. The summed E-state index contributed by atoms with van der Waals surface area (Å²) in [4.78, 5) is 0. The van der Waals surface area contributed by atoms with Crippen LogP contribution < -0.4 is 11.1 Å². The van der Waals surface area contributed by atoms with Crippen molar-refractivity contribution in [3.63, 3.8) is 0 Å². The first-order chi connectivity index (χ1) is 7.03. The van der Waals surface area contributed by atoms with Gasteiger partial charge in [0.2, 0.25) is 0 Å². The number of hydrogen-bond donors (Lipinski definition) is 2. The van der Waals surface area contributed by atoms with Gasteiger partial charge in [-0.05, 0) is 11.8 Å². The first-order valence-electron chi connectivity index (χ1n) is 4.85. The predicted octanol–water partition coefficient (Wildman–Crippen LogP) is 1.13. The van der Waals surface area contributed by atoms with Gasteiger partial charge in [0, 0.05) is 20.3 Å². The molecule has 0 unspecified atom stereocenters. The van der Waals surface area contributed by atoms with E-state index in [4.69, 9.17) is 14.9 Å². The number of hydrogen-bond acceptors (Lipinski definition) is 6. The number of nitrogens with two attached hydrogens (primary N) is 1. The van der Waals surface area contributed by atoms with Gasteiger partial charge in [0.1, 0.15) is 0 Å². The van der Waals surface area contributed by atoms with Gasteiger partial charge in [-0.25, -0.2) is 0 Å². The first-order valence-corrected chi connectivity index (χ1v) is 4.85. The van der Waals surface area contributed by atoms with Gasteiger partial charge in [-0.1, -0.05) is 24.0 Å². The van der Waals surface area contributed by atoms with Crippen LogP contribution in [-0.2, 0) is 4.74 Å². The summed E-state index contributed by atoms with van der Waals surface area (Å²) in [6, 6.07) is 0.435. The third-order valence-electron chi connectivity index (χ3n) is 2.14. The Morgan fingerprint density at radius 1 is 1.47 bits per heavy atom. The quantitative estimate of drug-likeness (QED) is 0.738. The lowest BCUT2D eigenvalue weighted by molar-refractivity contribution is 0.156. The second kappa shape index (κ2) is 4.97. The Bertz CT molecular complexity index is 298. The van der Waals surface area contributed by atoms with E-state index in [1.165, 1.54) is 0 Å². The molecule has 0 aliphatic rings. The summed E-state index contributed by atoms with van der Waals surface area (Å²) < 4.78 is 10.0. The number of aromatic nitrogens is 2. The molecule has 3 N–H and O–H groups in total. The highest BCUT2D eigenvalue weighted by atomic mass is 16.5. The summed E-state index contributed by atoms with van der Waals surface area (Å²) in [5.74, 6) is 0. The largest absolute Gasteiger partial charge is 0.390 e. The van der Waals surface area contributed by atoms with Crippen molar-refractivity contribution in [1.82, 2.24) is 10.2 Å². The lowest BCUT2D eigenvalue weighted by atomic mass is 9.90. The SMILES string of the molecule is COCCC(C)(C)CNc1nnc(N)o1. The molecule has 6 heteroatoms. The zero-order valence-electron chi connectivity index (χ0n) is 9.41. The molecular weight excluding hydrogens is 196 g/mol. The van der Waals surface area contributed by atoms with Crippen molar-refractivity contribution in [3.8, 4) is 0 Å². The summed E-state index contributed by atoms with van der Waals surface area (Å²) >= 11 is 0. The lowest BCUT2D eigenvalue weighted by Crippen LogP contribution is -2.24. The minimum absolute atomic E-state index is 0.0761. The predicted molar refractivity (Wildman–Crippen MR) is 57.5 cm³/mol. The second-order valence-corrected chi connectivity index (χ2v) is 4.21. The second-order valence-electron chi connectivity index (χ2n) is 4.21. The molecule has 0 amide bonds. The van der Waals surface area contributed by atoms with Crippen LogP contribution in [0.2, 0.25) is 0 Å². The standard InChI is InChI=1S/C9H18N4O2/c1-9(2,4-5-14-3)6-11-8-13-12-7(10)15-8/h4-6H2,1-3H3,(H2,10,12)(H,11,13). The Hall–Kier alpha value is -1.30. The van der Waals surface area contributed by atoms with Crippen molar-refractivity contribution in [3.05, 3.63) is 0 Å². The molecule has 1 aromatic heterocycles. The van der Waals surface area contributed by atoms with Gasteiger partial charge in [-0.2, -0.15) is 0 Å². The fraction of sp³-hybridized carbons (Fsp3) is 0.778. The van der Waals surface area contributed by atoms with Crippen molar-refractivity contribution in [2.24, 2.45) is 5.41 Å². The van der Waals surface area contributed by atoms with Gasteiger partial charge in [0.15, 0.2) is 0 Å². The van der Waals surface area contributed by atoms with E-state index in [1.54, 1.807) is 7.11 Å². The minimum atomic E-state index is 0.0761.